The Morgan fingerprint density at radius 2 is 1.95 bits per heavy atom. The summed E-state index contributed by atoms with van der Waals surface area (Å²) >= 11 is 0. The average Bonchev–Trinajstić information content (AvgIpc) is 2.72. The van der Waals surface area contributed by atoms with Crippen molar-refractivity contribution in [2.75, 3.05) is 18.1 Å². The third kappa shape index (κ3) is 4.04. The zero-order chi connectivity index (χ0) is 15.6. The van der Waals surface area contributed by atoms with Crippen molar-refractivity contribution in [3.8, 4) is 0 Å². The van der Waals surface area contributed by atoms with Crippen LogP contribution in [-0.4, -0.2) is 48.5 Å². The van der Waals surface area contributed by atoms with Gasteiger partial charge in [0.25, 0.3) is 0 Å². The van der Waals surface area contributed by atoms with Gasteiger partial charge < -0.3 is 5.11 Å². The van der Waals surface area contributed by atoms with E-state index in [4.69, 9.17) is 5.11 Å². The highest BCUT2D eigenvalue weighted by molar-refractivity contribution is 7.91. The van der Waals surface area contributed by atoms with Crippen molar-refractivity contribution in [3.63, 3.8) is 0 Å². The number of hydrogen-bond donors (Lipinski definition) is 1. The lowest BCUT2D eigenvalue weighted by atomic mass is 10.0. The van der Waals surface area contributed by atoms with E-state index in [0.717, 1.165) is 16.7 Å². The maximum absolute atomic E-state index is 11.6. The van der Waals surface area contributed by atoms with E-state index in [-0.39, 0.29) is 24.1 Å². The number of hydrogen-bond acceptors (Lipinski definition) is 4. The second-order valence-corrected chi connectivity index (χ2v) is 7.95. The van der Waals surface area contributed by atoms with Gasteiger partial charge in [0.2, 0.25) is 0 Å². The number of carboxylic acid groups (broad SMARTS) is 1. The summed E-state index contributed by atoms with van der Waals surface area (Å²) in [4.78, 5) is 12.9. The minimum Gasteiger partial charge on any atom is -0.480 e. The topological polar surface area (TPSA) is 74.7 Å². The largest absolute Gasteiger partial charge is 0.480 e. The Kier molecular flexibility index (Phi) is 4.68. The summed E-state index contributed by atoms with van der Waals surface area (Å²) < 4.78 is 23.3. The van der Waals surface area contributed by atoms with Gasteiger partial charge in [-0.3, -0.25) is 9.69 Å². The molecule has 116 valence electrons. The molecule has 0 saturated carbocycles. The number of carbonyl (C=O) groups is 1. The van der Waals surface area contributed by atoms with E-state index in [0.29, 0.717) is 13.0 Å². The Morgan fingerprint density at radius 1 is 1.33 bits per heavy atom. The number of sulfone groups is 1. The zero-order valence-electron chi connectivity index (χ0n) is 12.4. The minimum atomic E-state index is -3.02. The maximum atomic E-state index is 11.6. The molecule has 0 aromatic heterocycles. The fourth-order valence-electron chi connectivity index (χ4n) is 2.85. The number of nitrogens with zero attached hydrogens (tertiary/aromatic N) is 1. The predicted octanol–water partition coefficient (Wildman–Crippen LogP) is 1.38. The highest BCUT2D eigenvalue weighted by Crippen LogP contribution is 2.22. The highest BCUT2D eigenvalue weighted by Gasteiger charge is 2.33. The first-order valence-electron chi connectivity index (χ1n) is 7.00. The number of benzene rings is 1. The Balaban J connectivity index is 2.23. The molecule has 6 heteroatoms. The molecule has 1 aromatic rings. The Morgan fingerprint density at radius 3 is 2.43 bits per heavy atom. The van der Waals surface area contributed by atoms with E-state index >= 15 is 0 Å². The van der Waals surface area contributed by atoms with E-state index in [1.54, 1.807) is 4.90 Å². The van der Waals surface area contributed by atoms with Crippen LogP contribution in [0, 0.1) is 13.8 Å². The van der Waals surface area contributed by atoms with Gasteiger partial charge in [-0.05, 0) is 37.0 Å². The summed E-state index contributed by atoms with van der Waals surface area (Å²) in [7, 11) is -3.02. The average molecular weight is 311 g/mol. The maximum Gasteiger partial charge on any atom is 0.317 e. The SMILES string of the molecule is Cc1cccc(C)c1CN(CC(=O)O)C1CCS(=O)(=O)C1. The molecule has 1 aromatic carbocycles. The van der Waals surface area contributed by atoms with E-state index in [2.05, 4.69) is 0 Å². The molecule has 1 unspecified atom stereocenters. The second-order valence-electron chi connectivity index (χ2n) is 5.73. The van der Waals surface area contributed by atoms with Crippen LogP contribution < -0.4 is 0 Å². The first kappa shape index (κ1) is 16.0. The van der Waals surface area contributed by atoms with Gasteiger partial charge in [0.05, 0.1) is 18.1 Å². The van der Waals surface area contributed by atoms with E-state index in [1.165, 1.54) is 0 Å². The summed E-state index contributed by atoms with van der Waals surface area (Å²) in [5, 5.41) is 9.10. The molecule has 1 aliphatic heterocycles. The van der Waals surface area contributed by atoms with Crippen LogP contribution in [0.15, 0.2) is 18.2 Å². The first-order chi connectivity index (χ1) is 9.78. The van der Waals surface area contributed by atoms with Gasteiger partial charge in [-0.15, -0.1) is 0 Å². The molecule has 0 aliphatic carbocycles. The summed E-state index contributed by atoms with van der Waals surface area (Å²) in [6, 6.07) is 5.75. The Labute approximate surface area is 125 Å². The highest BCUT2D eigenvalue weighted by atomic mass is 32.2. The summed E-state index contributed by atoms with van der Waals surface area (Å²) in [6.07, 6.45) is 0.514. The molecule has 1 aliphatic rings. The lowest BCUT2D eigenvalue weighted by molar-refractivity contribution is -0.139. The normalized spacial score (nSPS) is 20.8. The molecule has 1 saturated heterocycles. The smallest absolute Gasteiger partial charge is 0.317 e. The minimum absolute atomic E-state index is 0.0607. The number of rotatable bonds is 5. The van der Waals surface area contributed by atoms with Gasteiger partial charge >= 0.3 is 5.97 Å². The summed E-state index contributed by atoms with van der Waals surface area (Å²) in [5.74, 6) is -0.711. The van der Waals surface area contributed by atoms with Gasteiger partial charge in [-0.1, -0.05) is 18.2 Å². The molecular weight excluding hydrogens is 290 g/mol. The quantitative estimate of drug-likeness (QED) is 0.889. The molecule has 2 rings (SSSR count). The Hall–Kier alpha value is -1.40. The van der Waals surface area contributed by atoms with Crippen LogP contribution in [0.2, 0.25) is 0 Å². The van der Waals surface area contributed by atoms with E-state index in [9.17, 15) is 13.2 Å². The molecule has 1 fully saturated rings. The zero-order valence-corrected chi connectivity index (χ0v) is 13.2. The van der Waals surface area contributed by atoms with Crippen molar-refractivity contribution in [1.29, 1.82) is 0 Å². The Bertz CT molecular complexity index is 619. The lowest BCUT2D eigenvalue weighted by Gasteiger charge is -2.27. The van der Waals surface area contributed by atoms with Crippen molar-refractivity contribution < 1.29 is 18.3 Å². The number of aryl methyl sites for hydroxylation is 2. The van der Waals surface area contributed by atoms with Crippen molar-refractivity contribution in [3.05, 3.63) is 34.9 Å². The van der Waals surface area contributed by atoms with Gasteiger partial charge in [0, 0.05) is 12.6 Å². The van der Waals surface area contributed by atoms with Crippen molar-refractivity contribution in [1.82, 2.24) is 4.90 Å². The fourth-order valence-corrected chi connectivity index (χ4v) is 4.61. The molecule has 1 N–H and O–H groups in total. The van der Waals surface area contributed by atoms with Gasteiger partial charge in [-0.25, -0.2) is 8.42 Å². The van der Waals surface area contributed by atoms with Crippen LogP contribution in [0.4, 0.5) is 0 Å². The molecule has 21 heavy (non-hydrogen) atoms. The third-order valence-electron chi connectivity index (χ3n) is 4.07. The standard InChI is InChI=1S/C15H21NO4S/c1-11-4-3-5-12(2)14(11)8-16(9-15(17)18)13-6-7-21(19,20)10-13/h3-5,13H,6-10H2,1-2H3,(H,17,18). The number of aliphatic carboxylic acids is 1. The fraction of sp³-hybridized carbons (Fsp3) is 0.533. The van der Waals surface area contributed by atoms with Crippen molar-refractivity contribution >= 4 is 15.8 Å². The molecule has 0 bridgehead atoms. The van der Waals surface area contributed by atoms with Gasteiger partial charge in [-0.2, -0.15) is 0 Å². The predicted molar refractivity (Wildman–Crippen MR) is 81.0 cm³/mol. The van der Waals surface area contributed by atoms with Crippen LogP contribution in [0.1, 0.15) is 23.1 Å². The summed E-state index contributed by atoms with van der Waals surface area (Å²) in [6.45, 7) is 4.33. The summed E-state index contributed by atoms with van der Waals surface area (Å²) in [5.41, 5.74) is 3.29. The third-order valence-corrected chi connectivity index (χ3v) is 5.82. The van der Waals surface area contributed by atoms with Crippen molar-refractivity contribution in [2.24, 2.45) is 0 Å². The van der Waals surface area contributed by atoms with Crippen LogP contribution in [-0.2, 0) is 21.2 Å². The van der Waals surface area contributed by atoms with Gasteiger partial charge in [0.15, 0.2) is 9.84 Å². The molecule has 5 nitrogen and oxygen atoms in total. The molecule has 1 heterocycles. The monoisotopic (exact) mass is 311 g/mol. The molecule has 0 amide bonds. The van der Waals surface area contributed by atoms with Crippen LogP contribution in [0.25, 0.3) is 0 Å². The molecule has 0 spiro atoms. The lowest BCUT2D eigenvalue weighted by Crippen LogP contribution is -2.39. The molecule has 1 atom stereocenters. The molecular formula is C15H21NO4S. The number of carboxylic acids is 1. The van der Waals surface area contributed by atoms with Gasteiger partial charge in [0.1, 0.15) is 0 Å². The second kappa shape index (κ2) is 6.15. The molecule has 0 radical (unpaired) electrons. The van der Waals surface area contributed by atoms with E-state index in [1.807, 2.05) is 32.0 Å². The van der Waals surface area contributed by atoms with E-state index < -0.39 is 15.8 Å². The first-order valence-corrected chi connectivity index (χ1v) is 8.82. The van der Waals surface area contributed by atoms with Crippen LogP contribution in [0.5, 0.6) is 0 Å². The van der Waals surface area contributed by atoms with Crippen molar-refractivity contribution in [2.45, 2.75) is 32.9 Å². The van der Waals surface area contributed by atoms with Crippen LogP contribution in [0.3, 0.4) is 0 Å². The van der Waals surface area contributed by atoms with Crippen LogP contribution >= 0.6 is 0 Å².